The van der Waals surface area contributed by atoms with Crippen LogP contribution in [0.25, 0.3) is 16.5 Å². The van der Waals surface area contributed by atoms with Gasteiger partial charge in [-0.3, -0.25) is 15.0 Å². The Labute approximate surface area is 132 Å². The van der Waals surface area contributed by atoms with E-state index in [9.17, 15) is 9.59 Å². The quantitative estimate of drug-likeness (QED) is 0.750. The number of fused-ring (bicyclic) bond motifs is 2. The van der Waals surface area contributed by atoms with Gasteiger partial charge in [-0.15, -0.1) is 0 Å². The monoisotopic (exact) mass is 311 g/mol. The zero-order valence-electron chi connectivity index (χ0n) is 12.7. The molecule has 118 valence electrons. The van der Waals surface area contributed by atoms with Gasteiger partial charge in [-0.05, 0) is 36.2 Å². The third-order valence-electron chi connectivity index (χ3n) is 4.84. The Bertz CT molecular complexity index is 852. The molecule has 3 N–H and O–H groups in total. The van der Waals surface area contributed by atoms with Crippen molar-refractivity contribution in [1.82, 2.24) is 15.2 Å². The zero-order valence-corrected chi connectivity index (χ0v) is 12.7. The number of amides is 2. The maximum Gasteiger partial charge on any atom is 0.411 e. The summed E-state index contributed by atoms with van der Waals surface area (Å²) in [4.78, 5) is 28.3. The van der Waals surface area contributed by atoms with Crippen molar-refractivity contribution in [2.45, 2.75) is 12.5 Å². The van der Waals surface area contributed by atoms with E-state index in [1.165, 1.54) is 10.9 Å². The molecule has 2 aromatic rings. The molecule has 0 saturated carbocycles. The van der Waals surface area contributed by atoms with Gasteiger partial charge >= 0.3 is 6.09 Å². The molecule has 1 aromatic carbocycles. The van der Waals surface area contributed by atoms with E-state index in [4.69, 9.17) is 5.11 Å². The van der Waals surface area contributed by atoms with Crippen molar-refractivity contribution in [2.75, 3.05) is 13.6 Å². The van der Waals surface area contributed by atoms with Crippen molar-refractivity contribution in [3.63, 3.8) is 0 Å². The average Bonchev–Trinajstić information content (AvgIpc) is 2.92. The van der Waals surface area contributed by atoms with Gasteiger partial charge in [0, 0.05) is 29.7 Å². The van der Waals surface area contributed by atoms with E-state index in [0.717, 1.165) is 23.1 Å². The Morgan fingerprint density at radius 2 is 2.22 bits per heavy atom. The van der Waals surface area contributed by atoms with Crippen LogP contribution in [-0.2, 0) is 11.2 Å². The van der Waals surface area contributed by atoms with Crippen LogP contribution in [0.3, 0.4) is 0 Å². The number of nitrogens with one attached hydrogen (secondary N) is 2. The molecule has 0 saturated heterocycles. The van der Waals surface area contributed by atoms with Gasteiger partial charge in [-0.25, -0.2) is 4.79 Å². The number of imide groups is 1. The Balaban J connectivity index is 1.81. The molecule has 0 bridgehead atoms. The van der Waals surface area contributed by atoms with Crippen molar-refractivity contribution < 1.29 is 14.7 Å². The summed E-state index contributed by atoms with van der Waals surface area (Å²) in [5.74, 6) is -0.930. The van der Waals surface area contributed by atoms with E-state index in [0.29, 0.717) is 6.54 Å². The molecule has 2 amide bonds. The number of carbonyl (C=O) groups excluding carboxylic acids is 1. The molecular formula is C17H17N3O3. The number of hydrogen-bond acceptors (Lipinski definition) is 3. The van der Waals surface area contributed by atoms with Crippen LogP contribution in [0.15, 0.2) is 30.5 Å². The van der Waals surface area contributed by atoms with Crippen LogP contribution >= 0.6 is 0 Å². The number of carbonyl (C=O) groups is 2. The number of H-pyrrole nitrogens is 1. The zero-order chi connectivity index (χ0) is 16.1. The summed E-state index contributed by atoms with van der Waals surface area (Å²) < 4.78 is 0. The first kappa shape index (κ1) is 14.0. The molecule has 1 aliphatic carbocycles. The molecular weight excluding hydrogens is 294 g/mol. The van der Waals surface area contributed by atoms with Crippen LogP contribution in [0.1, 0.15) is 11.1 Å². The highest BCUT2D eigenvalue weighted by Gasteiger charge is 2.35. The molecule has 2 aliphatic rings. The van der Waals surface area contributed by atoms with Crippen LogP contribution in [-0.4, -0.2) is 46.6 Å². The fraction of sp³-hybridized carbons (Fsp3) is 0.294. The Hall–Kier alpha value is -2.60. The molecule has 6 nitrogen and oxygen atoms in total. The lowest BCUT2D eigenvalue weighted by molar-refractivity contribution is -0.123. The summed E-state index contributed by atoms with van der Waals surface area (Å²) in [7, 11) is 1.98. The Morgan fingerprint density at radius 3 is 3.00 bits per heavy atom. The highest BCUT2D eigenvalue weighted by atomic mass is 16.4. The third-order valence-corrected chi connectivity index (χ3v) is 4.84. The lowest BCUT2D eigenvalue weighted by Crippen LogP contribution is -2.47. The fourth-order valence-corrected chi connectivity index (χ4v) is 3.81. The maximum absolute atomic E-state index is 12.1. The van der Waals surface area contributed by atoms with Crippen molar-refractivity contribution in [2.24, 2.45) is 5.92 Å². The predicted molar refractivity (Wildman–Crippen MR) is 86.1 cm³/mol. The summed E-state index contributed by atoms with van der Waals surface area (Å²) in [5.41, 5.74) is 4.63. The van der Waals surface area contributed by atoms with E-state index < -0.39 is 17.9 Å². The van der Waals surface area contributed by atoms with E-state index in [1.54, 1.807) is 0 Å². The summed E-state index contributed by atoms with van der Waals surface area (Å²) in [6.07, 6.45) is 3.58. The first-order valence-corrected chi connectivity index (χ1v) is 7.59. The molecule has 1 aliphatic heterocycles. The minimum absolute atomic E-state index is 0.220. The van der Waals surface area contributed by atoms with Gasteiger partial charge in [0.2, 0.25) is 5.91 Å². The lowest BCUT2D eigenvalue weighted by Gasteiger charge is -2.39. The van der Waals surface area contributed by atoms with Crippen LogP contribution in [0, 0.1) is 5.92 Å². The second-order valence-electron chi connectivity index (χ2n) is 6.22. The third kappa shape index (κ3) is 2.14. The molecule has 0 spiro atoms. The molecule has 2 atom stereocenters. The molecule has 0 fully saturated rings. The topological polar surface area (TPSA) is 85.4 Å². The van der Waals surface area contributed by atoms with E-state index in [-0.39, 0.29) is 6.04 Å². The van der Waals surface area contributed by atoms with Gasteiger partial charge in [-0.2, -0.15) is 0 Å². The number of likely N-dealkylation sites (N-methyl/N-ethyl adjacent to an activating group) is 1. The SMILES string of the molecule is CN1CC(C(=O)NC(=O)O)C=C2c3cccc4[nH]cc(c34)CC21. The van der Waals surface area contributed by atoms with Crippen LogP contribution < -0.4 is 5.32 Å². The molecule has 6 heteroatoms. The number of aromatic nitrogens is 1. The largest absolute Gasteiger partial charge is 0.465 e. The van der Waals surface area contributed by atoms with E-state index in [1.807, 2.05) is 30.6 Å². The standard InChI is InChI=1S/C17H17N3O3/c1-20-8-10(16(21)19-17(22)23)5-12-11-3-2-4-13-15(11)9(7-18-13)6-14(12)20/h2-5,7,10,14,18H,6,8H2,1H3,(H,19,21)(H,22,23). The minimum Gasteiger partial charge on any atom is -0.465 e. The van der Waals surface area contributed by atoms with Crippen molar-refractivity contribution in [3.05, 3.63) is 41.6 Å². The van der Waals surface area contributed by atoms with Crippen molar-refractivity contribution >= 4 is 28.5 Å². The van der Waals surface area contributed by atoms with Crippen LogP contribution in [0.4, 0.5) is 4.79 Å². The van der Waals surface area contributed by atoms with Gasteiger partial charge in [0.1, 0.15) is 0 Å². The lowest BCUT2D eigenvalue weighted by atomic mass is 9.80. The number of benzene rings is 1. The normalized spacial score (nSPS) is 23.3. The van der Waals surface area contributed by atoms with Gasteiger partial charge in [0.05, 0.1) is 5.92 Å². The summed E-state index contributed by atoms with van der Waals surface area (Å²) in [6, 6.07) is 6.34. The highest BCUT2D eigenvalue weighted by Crippen LogP contribution is 2.40. The van der Waals surface area contributed by atoms with Gasteiger partial charge in [0.15, 0.2) is 0 Å². The predicted octanol–water partition coefficient (Wildman–Crippen LogP) is 1.83. The second kappa shape index (κ2) is 4.96. The molecule has 1 aromatic heterocycles. The molecule has 0 radical (unpaired) electrons. The maximum atomic E-state index is 12.1. The van der Waals surface area contributed by atoms with Gasteiger partial charge in [0.25, 0.3) is 0 Å². The Morgan fingerprint density at radius 1 is 1.39 bits per heavy atom. The van der Waals surface area contributed by atoms with Crippen LogP contribution in [0.2, 0.25) is 0 Å². The summed E-state index contributed by atoms with van der Waals surface area (Å²) in [5, 5.41) is 11.9. The van der Waals surface area contributed by atoms with E-state index >= 15 is 0 Å². The summed E-state index contributed by atoms with van der Waals surface area (Å²) >= 11 is 0. The smallest absolute Gasteiger partial charge is 0.411 e. The minimum atomic E-state index is -1.31. The molecule has 23 heavy (non-hydrogen) atoms. The molecule has 4 rings (SSSR count). The van der Waals surface area contributed by atoms with Crippen molar-refractivity contribution in [1.29, 1.82) is 0 Å². The van der Waals surface area contributed by atoms with E-state index in [2.05, 4.69) is 22.1 Å². The summed E-state index contributed by atoms with van der Waals surface area (Å²) in [6.45, 7) is 0.517. The van der Waals surface area contributed by atoms with Crippen molar-refractivity contribution in [3.8, 4) is 0 Å². The van der Waals surface area contributed by atoms with Gasteiger partial charge < -0.3 is 10.1 Å². The van der Waals surface area contributed by atoms with Gasteiger partial charge in [-0.1, -0.05) is 18.2 Å². The number of hydrogen-bond donors (Lipinski definition) is 3. The number of carboxylic acid groups (broad SMARTS) is 1. The second-order valence-corrected chi connectivity index (χ2v) is 6.22. The molecule has 2 unspecified atom stereocenters. The number of rotatable bonds is 1. The average molecular weight is 311 g/mol. The molecule has 2 heterocycles. The highest BCUT2D eigenvalue weighted by molar-refractivity contribution is 6.00. The number of nitrogens with zero attached hydrogens (tertiary/aromatic N) is 1. The number of aromatic amines is 1. The first-order valence-electron chi connectivity index (χ1n) is 7.59. The van der Waals surface area contributed by atoms with Crippen LogP contribution in [0.5, 0.6) is 0 Å². The fourth-order valence-electron chi connectivity index (χ4n) is 3.81. The Kier molecular flexibility index (Phi) is 3.02. The first-order chi connectivity index (χ1) is 11.0.